The van der Waals surface area contributed by atoms with Crippen molar-refractivity contribution in [3.8, 4) is 5.75 Å². The molecular formula is C23H27N5O2. The number of carbonyl (C=O) groups excluding carboxylic acids is 1. The zero-order valence-electron chi connectivity index (χ0n) is 17.4. The summed E-state index contributed by atoms with van der Waals surface area (Å²) in [7, 11) is 0. The highest BCUT2D eigenvalue weighted by Gasteiger charge is 2.26. The SMILES string of the molecule is CCOc1ccc(C(C)NC(=O)C2CCN(c3cnc4nccnc4c3)CC2)cc1. The van der Waals surface area contributed by atoms with Gasteiger partial charge in [-0.15, -0.1) is 0 Å². The highest BCUT2D eigenvalue weighted by molar-refractivity contribution is 5.79. The third kappa shape index (κ3) is 4.50. The predicted octanol–water partition coefficient (Wildman–Crippen LogP) is 3.52. The van der Waals surface area contributed by atoms with Crippen molar-refractivity contribution < 1.29 is 9.53 Å². The molecule has 1 aliphatic heterocycles. The van der Waals surface area contributed by atoms with Crippen LogP contribution in [0.3, 0.4) is 0 Å². The Labute approximate surface area is 176 Å². The quantitative estimate of drug-likeness (QED) is 0.676. The largest absolute Gasteiger partial charge is 0.494 e. The molecule has 1 amide bonds. The van der Waals surface area contributed by atoms with E-state index in [4.69, 9.17) is 4.74 Å². The van der Waals surface area contributed by atoms with Crippen molar-refractivity contribution in [3.63, 3.8) is 0 Å². The van der Waals surface area contributed by atoms with Gasteiger partial charge in [0, 0.05) is 31.4 Å². The molecule has 2 aromatic heterocycles. The molecule has 1 unspecified atom stereocenters. The van der Waals surface area contributed by atoms with Crippen molar-refractivity contribution in [2.24, 2.45) is 5.92 Å². The van der Waals surface area contributed by atoms with Crippen LogP contribution in [0.25, 0.3) is 11.2 Å². The number of rotatable bonds is 6. The second kappa shape index (κ2) is 9.07. The normalized spacial score (nSPS) is 15.7. The number of carbonyl (C=O) groups is 1. The summed E-state index contributed by atoms with van der Waals surface area (Å²) in [6.07, 6.45) is 6.80. The maximum Gasteiger partial charge on any atom is 0.223 e. The third-order valence-corrected chi connectivity index (χ3v) is 5.59. The van der Waals surface area contributed by atoms with Gasteiger partial charge in [-0.1, -0.05) is 12.1 Å². The maximum absolute atomic E-state index is 12.8. The van der Waals surface area contributed by atoms with Crippen LogP contribution in [0.15, 0.2) is 48.9 Å². The third-order valence-electron chi connectivity index (χ3n) is 5.59. The predicted molar refractivity (Wildman–Crippen MR) is 116 cm³/mol. The number of hydrogen-bond donors (Lipinski definition) is 1. The Kier molecular flexibility index (Phi) is 6.07. The molecule has 4 rings (SSSR count). The van der Waals surface area contributed by atoms with E-state index in [0.717, 1.165) is 48.4 Å². The van der Waals surface area contributed by atoms with Gasteiger partial charge in [0.15, 0.2) is 5.65 Å². The molecule has 3 heterocycles. The molecule has 1 fully saturated rings. The van der Waals surface area contributed by atoms with E-state index in [9.17, 15) is 4.79 Å². The molecule has 0 saturated carbocycles. The summed E-state index contributed by atoms with van der Waals surface area (Å²) in [5, 5.41) is 3.17. The molecule has 30 heavy (non-hydrogen) atoms. The van der Waals surface area contributed by atoms with Gasteiger partial charge in [0.1, 0.15) is 11.3 Å². The number of anilines is 1. The van der Waals surface area contributed by atoms with Crippen molar-refractivity contribution in [2.45, 2.75) is 32.7 Å². The van der Waals surface area contributed by atoms with Gasteiger partial charge in [0.05, 0.1) is 24.5 Å². The van der Waals surface area contributed by atoms with Gasteiger partial charge in [-0.2, -0.15) is 0 Å². The molecule has 156 valence electrons. The minimum absolute atomic E-state index is 0.0274. The lowest BCUT2D eigenvalue weighted by Crippen LogP contribution is -2.41. The number of fused-ring (bicyclic) bond motifs is 1. The van der Waals surface area contributed by atoms with Crippen LogP contribution in [0, 0.1) is 5.92 Å². The molecule has 1 aromatic carbocycles. The van der Waals surface area contributed by atoms with E-state index < -0.39 is 0 Å². The summed E-state index contributed by atoms with van der Waals surface area (Å²) in [5.74, 6) is 0.999. The average molecular weight is 406 g/mol. The number of nitrogens with one attached hydrogen (secondary N) is 1. The van der Waals surface area contributed by atoms with Crippen LogP contribution in [-0.4, -0.2) is 40.6 Å². The van der Waals surface area contributed by atoms with Crippen molar-refractivity contribution in [2.75, 3.05) is 24.6 Å². The van der Waals surface area contributed by atoms with E-state index in [1.807, 2.05) is 50.4 Å². The summed E-state index contributed by atoms with van der Waals surface area (Å²) in [4.78, 5) is 28.0. The first-order valence-corrected chi connectivity index (χ1v) is 10.5. The lowest BCUT2D eigenvalue weighted by molar-refractivity contribution is -0.126. The van der Waals surface area contributed by atoms with E-state index in [1.54, 1.807) is 12.4 Å². The van der Waals surface area contributed by atoms with Crippen LogP contribution >= 0.6 is 0 Å². The van der Waals surface area contributed by atoms with Crippen molar-refractivity contribution in [1.82, 2.24) is 20.3 Å². The number of hydrogen-bond acceptors (Lipinski definition) is 6. The first-order chi connectivity index (χ1) is 14.6. The number of amides is 1. The minimum Gasteiger partial charge on any atom is -0.494 e. The minimum atomic E-state index is -0.0329. The fourth-order valence-electron chi connectivity index (χ4n) is 3.85. The molecule has 0 spiro atoms. The van der Waals surface area contributed by atoms with E-state index in [0.29, 0.717) is 12.3 Å². The topological polar surface area (TPSA) is 80.2 Å². The Morgan fingerprint density at radius 2 is 1.90 bits per heavy atom. The summed E-state index contributed by atoms with van der Waals surface area (Å²) in [6, 6.07) is 9.89. The van der Waals surface area contributed by atoms with Crippen LogP contribution in [0.4, 0.5) is 5.69 Å². The van der Waals surface area contributed by atoms with Gasteiger partial charge in [0.2, 0.25) is 5.91 Å². The highest BCUT2D eigenvalue weighted by atomic mass is 16.5. The molecule has 3 aromatic rings. The summed E-state index contributed by atoms with van der Waals surface area (Å²) < 4.78 is 5.48. The number of aromatic nitrogens is 3. The second-order valence-corrected chi connectivity index (χ2v) is 7.59. The number of piperidine rings is 1. The van der Waals surface area contributed by atoms with Crippen molar-refractivity contribution in [3.05, 3.63) is 54.5 Å². The Hall–Kier alpha value is -3.22. The van der Waals surface area contributed by atoms with E-state index >= 15 is 0 Å². The molecule has 1 aliphatic rings. The van der Waals surface area contributed by atoms with Gasteiger partial charge >= 0.3 is 0 Å². The standard InChI is InChI=1S/C23H27N5O2/c1-3-30-20-6-4-17(5-7-20)16(2)27-23(29)18-8-12-28(13-9-18)19-14-21-22(26-15-19)25-11-10-24-21/h4-7,10-11,14-16,18H,3,8-9,12-13H2,1-2H3,(H,27,29). The van der Waals surface area contributed by atoms with Gasteiger partial charge in [-0.05, 0) is 50.5 Å². The van der Waals surface area contributed by atoms with Gasteiger partial charge in [-0.3, -0.25) is 9.78 Å². The zero-order chi connectivity index (χ0) is 20.9. The van der Waals surface area contributed by atoms with E-state index in [-0.39, 0.29) is 17.9 Å². The molecule has 1 N–H and O–H groups in total. The molecule has 7 nitrogen and oxygen atoms in total. The lowest BCUT2D eigenvalue weighted by Gasteiger charge is -2.33. The highest BCUT2D eigenvalue weighted by Crippen LogP contribution is 2.25. The number of nitrogens with zero attached hydrogens (tertiary/aromatic N) is 4. The fourth-order valence-corrected chi connectivity index (χ4v) is 3.85. The molecule has 0 radical (unpaired) electrons. The van der Waals surface area contributed by atoms with Crippen molar-refractivity contribution >= 4 is 22.8 Å². The average Bonchev–Trinajstić information content (AvgIpc) is 2.79. The first kappa shape index (κ1) is 20.1. The molecule has 1 atom stereocenters. The van der Waals surface area contributed by atoms with Crippen LogP contribution in [0.1, 0.15) is 38.3 Å². The second-order valence-electron chi connectivity index (χ2n) is 7.59. The Balaban J connectivity index is 1.32. The van der Waals surface area contributed by atoms with Crippen LogP contribution < -0.4 is 15.0 Å². The molecular weight excluding hydrogens is 378 g/mol. The van der Waals surface area contributed by atoms with Crippen molar-refractivity contribution in [1.29, 1.82) is 0 Å². The molecule has 1 saturated heterocycles. The van der Waals surface area contributed by atoms with Gasteiger partial charge < -0.3 is 15.0 Å². The van der Waals surface area contributed by atoms with Gasteiger partial charge in [-0.25, -0.2) is 9.97 Å². The number of benzene rings is 1. The Bertz CT molecular complexity index is 1000. The monoisotopic (exact) mass is 405 g/mol. The zero-order valence-corrected chi connectivity index (χ0v) is 17.4. The molecule has 7 heteroatoms. The Morgan fingerprint density at radius 3 is 2.63 bits per heavy atom. The van der Waals surface area contributed by atoms with E-state index in [1.165, 1.54) is 0 Å². The van der Waals surface area contributed by atoms with E-state index in [2.05, 4.69) is 25.2 Å². The summed E-state index contributed by atoms with van der Waals surface area (Å²) in [6.45, 7) is 6.27. The smallest absolute Gasteiger partial charge is 0.223 e. The summed E-state index contributed by atoms with van der Waals surface area (Å²) >= 11 is 0. The van der Waals surface area contributed by atoms with Gasteiger partial charge in [0.25, 0.3) is 0 Å². The lowest BCUT2D eigenvalue weighted by atomic mass is 9.95. The number of pyridine rings is 1. The van der Waals surface area contributed by atoms with Crippen LogP contribution in [0.2, 0.25) is 0 Å². The molecule has 0 aliphatic carbocycles. The summed E-state index contributed by atoms with van der Waals surface area (Å²) in [5.41, 5.74) is 3.55. The Morgan fingerprint density at radius 1 is 1.17 bits per heavy atom. The number of ether oxygens (including phenoxy) is 1. The fraction of sp³-hybridized carbons (Fsp3) is 0.391. The maximum atomic E-state index is 12.8. The first-order valence-electron chi connectivity index (χ1n) is 10.5. The van der Waals surface area contributed by atoms with Crippen LogP contribution in [0.5, 0.6) is 5.75 Å². The molecule has 0 bridgehead atoms. The van der Waals surface area contributed by atoms with Crippen LogP contribution in [-0.2, 0) is 4.79 Å².